The van der Waals surface area contributed by atoms with Crippen molar-refractivity contribution in [2.24, 2.45) is 0 Å². The first-order valence-corrected chi connectivity index (χ1v) is 11.7. The number of methoxy groups -OCH3 is 2. The Labute approximate surface area is 200 Å². The number of halogens is 1. The van der Waals surface area contributed by atoms with E-state index >= 15 is 4.39 Å². The van der Waals surface area contributed by atoms with Crippen molar-refractivity contribution in [3.8, 4) is 22.9 Å². The van der Waals surface area contributed by atoms with Crippen LogP contribution in [-0.2, 0) is 9.53 Å². The average molecular weight is 467 g/mol. The number of rotatable bonds is 7. The normalized spacial score (nSPS) is 18.1. The Bertz CT molecular complexity index is 1130. The summed E-state index contributed by atoms with van der Waals surface area (Å²) in [4.78, 5) is 21.5. The first kappa shape index (κ1) is 24.0. The maximum absolute atomic E-state index is 15.3. The van der Waals surface area contributed by atoms with Gasteiger partial charge in [0.25, 0.3) is 0 Å². The van der Waals surface area contributed by atoms with Crippen molar-refractivity contribution < 1.29 is 18.7 Å². The Morgan fingerprint density at radius 2 is 2.06 bits per heavy atom. The van der Waals surface area contributed by atoms with Crippen LogP contribution in [-0.4, -0.2) is 62.3 Å². The fraction of sp³-hybridized carbons (Fsp3) is 0.500. The molecule has 0 bridgehead atoms. The van der Waals surface area contributed by atoms with Gasteiger partial charge in [-0.3, -0.25) is 4.79 Å². The van der Waals surface area contributed by atoms with E-state index in [4.69, 9.17) is 14.5 Å². The van der Waals surface area contributed by atoms with Crippen molar-refractivity contribution in [2.45, 2.75) is 45.1 Å². The summed E-state index contributed by atoms with van der Waals surface area (Å²) in [5.74, 6) is 0.681. The van der Waals surface area contributed by atoms with E-state index in [-0.39, 0.29) is 23.6 Å². The van der Waals surface area contributed by atoms with Gasteiger partial charge in [0, 0.05) is 49.8 Å². The zero-order valence-corrected chi connectivity index (χ0v) is 20.2. The molecular weight excluding hydrogens is 435 g/mol. The van der Waals surface area contributed by atoms with Crippen LogP contribution in [0, 0.1) is 24.1 Å². The van der Waals surface area contributed by atoms with Crippen molar-refractivity contribution in [2.75, 3.05) is 45.4 Å². The molecule has 34 heavy (non-hydrogen) atoms. The summed E-state index contributed by atoms with van der Waals surface area (Å²) in [6, 6.07) is 7.38. The van der Waals surface area contributed by atoms with Gasteiger partial charge in [0.2, 0.25) is 5.91 Å². The molecule has 1 aromatic carbocycles. The minimum Gasteiger partial charge on any atom is -0.494 e. The molecule has 1 atom stereocenters. The van der Waals surface area contributed by atoms with Gasteiger partial charge in [-0.1, -0.05) is 12.1 Å². The quantitative estimate of drug-likeness (QED) is 0.613. The molecule has 180 valence electrons. The van der Waals surface area contributed by atoms with E-state index in [9.17, 15) is 10.1 Å². The molecule has 1 amide bonds. The Morgan fingerprint density at radius 1 is 1.29 bits per heavy atom. The fourth-order valence-corrected chi connectivity index (χ4v) is 4.78. The Morgan fingerprint density at radius 3 is 2.68 bits per heavy atom. The summed E-state index contributed by atoms with van der Waals surface area (Å²) in [5.41, 5.74) is 3.13. The van der Waals surface area contributed by atoms with Crippen LogP contribution in [0.4, 0.5) is 10.2 Å². The number of nitriles is 1. The average Bonchev–Trinajstić information content (AvgIpc) is 3.68. The number of anilines is 1. The number of hydrogen-bond donors (Lipinski definition) is 0. The summed E-state index contributed by atoms with van der Waals surface area (Å²) in [7, 11) is 3.03. The summed E-state index contributed by atoms with van der Waals surface area (Å²) in [6.07, 6.45) is 2.34. The number of hydrogen-bond acceptors (Lipinski definition) is 6. The molecule has 2 fully saturated rings. The highest BCUT2D eigenvalue weighted by Crippen LogP contribution is 2.47. The molecule has 1 unspecified atom stereocenters. The minimum absolute atomic E-state index is 0.0216. The van der Waals surface area contributed by atoms with Gasteiger partial charge in [0.05, 0.1) is 31.4 Å². The maximum atomic E-state index is 15.3. The molecule has 0 N–H and O–H groups in total. The van der Waals surface area contributed by atoms with Crippen molar-refractivity contribution in [3.63, 3.8) is 0 Å². The zero-order chi connectivity index (χ0) is 24.4. The lowest BCUT2D eigenvalue weighted by Gasteiger charge is -2.41. The largest absolute Gasteiger partial charge is 0.494 e. The maximum Gasteiger partial charge on any atom is 0.225 e. The Kier molecular flexibility index (Phi) is 7.03. The number of piperazine rings is 1. The van der Waals surface area contributed by atoms with Crippen molar-refractivity contribution in [3.05, 3.63) is 40.8 Å². The second-order valence-corrected chi connectivity index (χ2v) is 9.03. The molecule has 1 aromatic heterocycles. The molecule has 1 saturated carbocycles. The second kappa shape index (κ2) is 9.98. The fourth-order valence-electron chi connectivity index (χ4n) is 4.78. The molecule has 2 aliphatic rings. The van der Waals surface area contributed by atoms with Gasteiger partial charge < -0.3 is 19.3 Å². The Balaban J connectivity index is 1.73. The highest BCUT2D eigenvalue weighted by molar-refractivity contribution is 5.79. The number of ether oxygens (including phenoxy) is 2. The molecule has 1 aliphatic heterocycles. The van der Waals surface area contributed by atoms with Gasteiger partial charge in [0.15, 0.2) is 11.6 Å². The monoisotopic (exact) mass is 466 g/mol. The van der Waals surface area contributed by atoms with Gasteiger partial charge in [-0.15, -0.1) is 0 Å². The van der Waals surface area contributed by atoms with Crippen molar-refractivity contribution in [1.82, 2.24) is 9.88 Å². The van der Waals surface area contributed by atoms with Crippen LogP contribution in [0.5, 0.6) is 5.75 Å². The summed E-state index contributed by atoms with van der Waals surface area (Å²) >= 11 is 0. The van der Waals surface area contributed by atoms with E-state index in [1.54, 1.807) is 25.3 Å². The van der Waals surface area contributed by atoms with E-state index in [1.807, 2.05) is 18.7 Å². The van der Waals surface area contributed by atoms with E-state index < -0.39 is 5.82 Å². The highest BCUT2D eigenvalue weighted by Gasteiger charge is 2.35. The van der Waals surface area contributed by atoms with E-state index in [1.165, 1.54) is 7.11 Å². The molecule has 8 heteroatoms. The lowest BCUT2D eigenvalue weighted by Crippen LogP contribution is -2.54. The Hall–Kier alpha value is -3.18. The molecule has 7 nitrogen and oxygen atoms in total. The number of carbonyl (C=O) groups excluding carboxylic acids is 1. The number of carbonyl (C=O) groups is 1. The van der Waals surface area contributed by atoms with Crippen LogP contribution >= 0.6 is 0 Å². The van der Waals surface area contributed by atoms with Crippen LogP contribution in [0.15, 0.2) is 18.2 Å². The number of nitrogens with zero attached hydrogens (tertiary/aromatic N) is 4. The third-order valence-corrected chi connectivity index (χ3v) is 6.75. The SMILES string of the molecule is COCCC(=O)N1CCN(c2nc(C3CC3)c(-c3cccc(OC)c3F)c(C)c2C#N)CC1C. The van der Waals surface area contributed by atoms with Crippen LogP contribution in [0.3, 0.4) is 0 Å². The van der Waals surface area contributed by atoms with Gasteiger partial charge in [0.1, 0.15) is 11.9 Å². The number of benzene rings is 1. The standard InChI is InChI=1S/C26H31FN4O3/c1-16-15-30(11-12-31(16)22(32)10-13-33-3)26-20(14-28)17(2)23(25(29-26)18-8-9-18)19-6-5-7-21(34-4)24(19)27/h5-7,16,18H,8-13,15H2,1-4H3. The van der Waals surface area contributed by atoms with Crippen LogP contribution in [0.2, 0.25) is 0 Å². The topological polar surface area (TPSA) is 78.7 Å². The molecule has 1 saturated heterocycles. The third-order valence-electron chi connectivity index (χ3n) is 6.75. The summed E-state index contributed by atoms with van der Waals surface area (Å²) in [5, 5.41) is 10.1. The summed E-state index contributed by atoms with van der Waals surface area (Å²) < 4.78 is 25.5. The smallest absolute Gasteiger partial charge is 0.225 e. The summed E-state index contributed by atoms with van der Waals surface area (Å²) in [6.45, 7) is 6.01. The van der Waals surface area contributed by atoms with Gasteiger partial charge >= 0.3 is 0 Å². The molecule has 0 spiro atoms. The van der Waals surface area contributed by atoms with E-state index in [0.29, 0.717) is 55.2 Å². The predicted molar refractivity (Wildman–Crippen MR) is 127 cm³/mol. The van der Waals surface area contributed by atoms with Crippen molar-refractivity contribution >= 4 is 11.7 Å². The van der Waals surface area contributed by atoms with Gasteiger partial charge in [-0.05, 0) is 38.3 Å². The van der Waals surface area contributed by atoms with Crippen LogP contribution < -0.4 is 9.64 Å². The molecule has 1 aliphatic carbocycles. The zero-order valence-electron chi connectivity index (χ0n) is 20.2. The van der Waals surface area contributed by atoms with Gasteiger partial charge in [-0.25, -0.2) is 9.37 Å². The predicted octanol–water partition coefficient (Wildman–Crippen LogP) is 4.03. The van der Waals surface area contributed by atoms with Crippen molar-refractivity contribution in [1.29, 1.82) is 5.26 Å². The second-order valence-electron chi connectivity index (χ2n) is 9.03. The first-order valence-electron chi connectivity index (χ1n) is 11.7. The molecule has 2 heterocycles. The molecule has 2 aromatic rings. The highest BCUT2D eigenvalue weighted by atomic mass is 19.1. The first-order chi connectivity index (χ1) is 16.4. The number of pyridine rings is 1. The lowest BCUT2D eigenvalue weighted by molar-refractivity contribution is -0.134. The lowest BCUT2D eigenvalue weighted by atomic mass is 9.92. The van der Waals surface area contributed by atoms with Gasteiger partial charge in [-0.2, -0.15) is 5.26 Å². The van der Waals surface area contributed by atoms with Crippen LogP contribution in [0.1, 0.15) is 48.9 Å². The van der Waals surface area contributed by atoms with Crippen LogP contribution in [0.25, 0.3) is 11.1 Å². The number of amides is 1. The van der Waals surface area contributed by atoms with E-state index in [0.717, 1.165) is 24.1 Å². The molecule has 0 radical (unpaired) electrons. The third kappa shape index (κ3) is 4.45. The molecule has 4 rings (SSSR count). The van der Waals surface area contributed by atoms with E-state index in [2.05, 4.69) is 11.0 Å². The number of aromatic nitrogens is 1. The molecular formula is C26H31FN4O3. The minimum atomic E-state index is -0.440.